The topological polar surface area (TPSA) is 47.7 Å². The van der Waals surface area contributed by atoms with Gasteiger partial charge in [0.1, 0.15) is 0 Å². The molecule has 4 heteroatoms. The van der Waals surface area contributed by atoms with E-state index in [-0.39, 0.29) is 18.2 Å². The van der Waals surface area contributed by atoms with Crippen LogP contribution in [0.25, 0.3) is 0 Å². The molecular formula is C16H26N2O2. The lowest BCUT2D eigenvalue weighted by Crippen LogP contribution is -2.27. The van der Waals surface area contributed by atoms with E-state index >= 15 is 0 Å². The van der Waals surface area contributed by atoms with E-state index in [2.05, 4.69) is 17.0 Å². The number of hydrogen-bond donors (Lipinski definition) is 1. The Morgan fingerprint density at radius 2 is 1.75 bits per heavy atom. The molecule has 1 aromatic carbocycles. The molecule has 1 aliphatic rings. The fourth-order valence-corrected chi connectivity index (χ4v) is 2.86. The van der Waals surface area contributed by atoms with Crippen LogP contribution >= 0.6 is 0 Å². The number of likely N-dealkylation sites (tertiary alicyclic amines) is 1. The van der Waals surface area contributed by atoms with Crippen LogP contribution < -0.4 is 5.73 Å². The Hall–Kier alpha value is -0.940. The maximum absolute atomic E-state index is 6.22. The van der Waals surface area contributed by atoms with Crippen LogP contribution in [-0.4, -0.2) is 51.0 Å². The zero-order valence-corrected chi connectivity index (χ0v) is 12.5. The Morgan fingerprint density at radius 1 is 1.15 bits per heavy atom. The first kappa shape index (κ1) is 15.4. The summed E-state index contributed by atoms with van der Waals surface area (Å²) in [6.45, 7) is 2.96. The van der Waals surface area contributed by atoms with Crippen molar-refractivity contribution in [3.8, 4) is 0 Å². The van der Waals surface area contributed by atoms with Crippen molar-refractivity contribution < 1.29 is 9.47 Å². The molecule has 0 aromatic heterocycles. The van der Waals surface area contributed by atoms with Gasteiger partial charge in [-0.3, -0.25) is 4.90 Å². The highest BCUT2D eigenvalue weighted by atomic mass is 16.5. The second-order valence-corrected chi connectivity index (χ2v) is 5.47. The van der Waals surface area contributed by atoms with Crippen LogP contribution in [0.5, 0.6) is 0 Å². The van der Waals surface area contributed by atoms with Gasteiger partial charge in [-0.2, -0.15) is 0 Å². The zero-order chi connectivity index (χ0) is 14.4. The summed E-state index contributed by atoms with van der Waals surface area (Å²) in [5.41, 5.74) is 7.44. The van der Waals surface area contributed by atoms with Crippen LogP contribution in [0.1, 0.15) is 24.4 Å². The minimum Gasteiger partial charge on any atom is -0.377 e. The fraction of sp³-hybridized carbons (Fsp3) is 0.625. The first-order valence-corrected chi connectivity index (χ1v) is 7.33. The van der Waals surface area contributed by atoms with E-state index in [9.17, 15) is 0 Å². The molecule has 1 aliphatic heterocycles. The van der Waals surface area contributed by atoms with Gasteiger partial charge in [-0.15, -0.1) is 0 Å². The van der Waals surface area contributed by atoms with Crippen molar-refractivity contribution in [2.75, 3.05) is 33.9 Å². The lowest BCUT2D eigenvalue weighted by atomic mass is 10.0. The molecule has 1 fully saturated rings. The predicted octanol–water partition coefficient (Wildman–Crippen LogP) is 1.81. The van der Waals surface area contributed by atoms with Crippen molar-refractivity contribution in [2.24, 2.45) is 5.73 Å². The summed E-state index contributed by atoms with van der Waals surface area (Å²) in [6, 6.07) is 10.4. The van der Waals surface area contributed by atoms with Crippen molar-refractivity contribution >= 4 is 0 Å². The number of nitrogens with zero attached hydrogens (tertiary/aromatic N) is 1. The molecule has 1 heterocycles. The monoisotopic (exact) mass is 278 g/mol. The summed E-state index contributed by atoms with van der Waals surface area (Å²) in [5, 5.41) is 0. The highest BCUT2D eigenvalue weighted by Gasteiger charge is 2.32. The number of rotatable bonds is 7. The Kier molecular flexibility index (Phi) is 5.98. The number of benzene rings is 1. The minimum absolute atomic E-state index is 0.134. The highest BCUT2D eigenvalue weighted by Crippen LogP contribution is 2.19. The van der Waals surface area contributed by atoms with Crippen LogP contribution in [0.3, 0.4) is 0 Å². The molecule has 0 aliphatic carbocycles. The Labute approximate surface area is 121 Å². The van der Waals surface area contributed by atoms with Gasteiger partial charge in [0, 0.05) is 33.4 Å². The molecule has 0 spiro atoms. The molecule has 3 unspecified atom stereocenters. The number of nitrogens with two attached hydrogens (primary N) is 1. The first-order valence-electron chi connectivity index (χ1n) is 7.33. The van der Waals surface area contributed by atoms with Gasteiger partial charge in [-0.25, -0.2) is 0 Å². The molecule has 20 heavy (non-hydrogen) atoms. The lowest BCUT2D eigenvalue weighted by Gasteiger charge is -2.17. The third-order valence-corrected chi connectivity index (χ3v) is 4.11. The van der Waals surface area contributed by atoms with Crippen molar-refractivity contribution in [1.82, 2.24) is 4.90 Å². The van der Waals surface area contributed by atoms with E-state index in [4.69, 9.17) is 15.2 Å². The van der Waals surface area contributed by atoms with Gasteiger partial charge in [-0.1, -0.05) is 30.3 Å². The summed E-state index contributed by atoms with van der Waals surface area (Å²) >= 11 is 0. The van der Waals surface area contributed by atoms with Gasteiger partial charge in [0.15, 0.2) is 0 Å². The van der Waals surface area contributed by atoms with E-state index in [0.717, 1.165) is 32.5 Å². The standard InChI is InChI=1S/C16H26N2O2/c1-19-15-11-18(12-16(15)20-2)10-6-9-14(17)13-7-4-3-5-8-13/h3-5,7-8,14-16H,6,9-12,17H2,1-2H3. The molecule has 1 aromatic rings. The summed E-state index contributed by atoms with van der Waals surface area (Å²) in [6.07, 6.45) is 2.50. The predicted molar refractivity (Wildman–Crippen MR) is 80.6 cm³/mol. The number of ether oxygens (including phenoxy) is 2. The molecule has 1 saturated heterocycles. The smallest absolute Gasteiger partial charge is 0.0971 e. The zero-order valence-electron chi connectivity index (χ0n) is 12.5. The molecule has 3 atom stereocenters. The number of hydrogen-bond acceptors (Lipinski definition) is 4. The molecule has 2 N–H and O–H groups in total. The minimum atomic E-state index is 0.134. The van der Waals surface area contributed by atoms with Gasteiger partial charge in [0.05, 0.1) is 12.2 Å². The van der Waals surface area contributed by atoms with Crippen molar-refractivity contribution in [3.63, 3.8) is 0 Å². The summed E-state index contributed by atoms with van der Waals surface area (Å²) < 4.78 is 10.9. The van der Waals surface area contributed by atoms with E-state index in [1.165, 1.54) is 5.56 Å². The normalized spacial score (nSPS) is 24.9. The number of methoxy groups -OCH3 is 2. The van der Waals surface area contributed by atoms with Crippen LogP contribution in [0.2, 0.25) is 0 Å². The largest absolute Gasteiger partial charge is 0.377 e. The second-order valence-electron chi connectivity index (χ2n) is 5.47. The lowest BCUT2D eigenvalue weighted by molar-refractivity contribution is -0.00461. The third kappa shape index (κ3) is 4.03. The van der Waals surface area contributed by atoms with Crippen LogP contribution in [-0.2, 0) is 9.47 Å². The van der Waals surface area contributed by atoms with E-state index < -0.39 is 0 Å². The van der Waals surface area contributed by atoms with Gasteiger partial charge < -0.3 is 15.2 Å². The third-order valence-electron chi connectivity index (χ3n) is 4.11. The van der Waals surface area contributed by atoms with Gasteiger partial charge in [0.2, 0.25) is 0 Å². The maximum atomic E-state index is 6.22. The Morgan fingerprint density at radius 3 is 2.30 bits per heavy atom. The fourth-order valence-electron chi connectivity index (χ4n) is 2.86. The van der Waals surface area contributed by atoms with Gasteiger partial charge in [0.25, 0.3) is 0 Å². The Balaban J connectivity index is 1.71. The van der Waals surface area contributed by atoms with E-state index in [1.54, 1.807) is 14.2 Å². The molecule has 112 valence electrons. The summed E-state index contributed by atoms with van der Waals surface area (Å²) in [4.78, 5) is 2.40. The first-order chi connectivity index (χ1) is 9.74. The highest BCUT2D eigenvalue weighted by molar-refractivity contribution is 5.18. The molecule has 0 radical (unpaired) electrons. The second kappa shape index (κ2) is 7.74. The average molecular weight is 278 g/mol. The summed E-state index contributed by atoms with van der Waals surface area (Å²) in [5.74, 6) is 0. The SMILES string of the molecule is COC1CN(CCCC(N)c2ccccc2)CC1OC. The van der Waals surface area contributed by atoms with E-state index in [1.807, 2.05) is 18.2 Å². The van der Waals surface area contributed by atoms with Crippen LogP contribution in [0.15, 0.2) is 30.3 Å². The van der Waals surface area contributed by atoms with Crippen LogP contribution in [0.4, 0.5) is 0 Å². The quantitative estimate of drug-likeness (QED) is 0.826. The van der Waals surface area contributed by atoms with Crippen molar-refractivity contribution in [2.45, 2.75) is 31.1 Å². The molecular weight excluding hydrogens is 252 g/mol. The summed E-state index contributed by atoms with van der Waals surface area (Å²) in [7, 11) is 3.51. The van der Waals surface area contributed by atoms with Crippen LogP contribution in [0, 0.1) is 0 Å². The van der Waals surface area contributed by atoms with Gasteiger partial charge in [-0.05, 0) is 24.9 Å². The van der Waals surface area contributed by atoms with Crippen molar-refractivity contribution in [1.29, 1.82) is 0 Å². The molecule has 0 bridgehead atoms. The molecule has 0 saturated carbocycles. The maximum Gasteiger partial charge on any atom is 0.0971 e. The average Bonchev–Trinajstić information content (AvgIpc) is 2.90. The van der Waals surface area contributed by atoms with Crippen molar-refractivity contribution in [3.05, 3.63) is 35.9 Å². The van der Waals surface area contributed by atoms with Gasteiger partial charge >= 0.3 is 0 Å². The molecule has 4 nitrogen and oxygen atoms in total. The Bertz CT molecular complexity index is 373. The molecule has 0 amide bonds. The molecule has 2 rings (SSSR count). The van der Waals surface area contributed by atoms with E-state index in [0.29, 0.717) is 0 Å².